The van der Waals surface area contributed by atoms with Crippen LogP contribution in [-0.2, 0) is 4.79 Å². The summed E-state index contributed by atoms with van der Waals surface area (Å²) in [5, 5.41) is 12.0. The number of hydrogen-bond acceptors (Lipinski definition) is 3. The quantitative estimate of drug-likeness (QED) is 0.779. The van der Waals surface area contributed by atoms with Gasteiger partial charge in [-0.25, -0.2) is 4.79 Å². The molecule has 0 saturated carbocycles. The fourth-order valence-electron chi connectivity index (χ4n) is 2.80. The third kappa shape index (κ3) is 5.91. The van der Waals surface area contributed by atoms with E-state index in [2.05, 4.69) is 17.3 Å². The predicted molar refractivity (Wildman–Crippen MR) is 82.3 cm³/mol. The zero-order valence-corrected chi connectivity index (χ0v) is 13.6. The van der Waals surface area contributed by atoms with Crippen molar-refractivity contribution in [3.05, 3.63) is 0 Å². The Kier molecular flexibility index (Phi) is 6.95. The van der Waals surface area contributed by atoms with Crippen molar-refractivity contribution in [1.29, 1.82) is 0 Å². The van der Waals surface area contributed by atoms with Crippen molar-refractivity contribution in [3.63, 3.8) is 0 Å². The number of nitrogens with one attached hydrogen (secondary N) is 1. The van der Waals surface area contributed by atoms with E-state index in [0.717, 1.165) is 25.9 Å². The van der Waals surface area contributed by atoms with Crippen LogP contribution in [0.3, 0.4) is 0 Å². The van der Waals surface area contributed by atoms with E-state index in [1.807, 2.05) is 13.8 Å². The Morgan fingerprint density at radius 2 is 2.10 bits per heavy atom. The van der Waals surface area contributed by atoms with Gasteiger partial charge < -0.3 is 20.2 Å². The van der Waals surface area contributed by atoms with E-state index in [1.165, 1.54) is 0 Å². The van der Waals surface area contributed by atoms with Gasteiger partial charge in [-0.2, -0.15) is 0 Å². The van der Waals surface area contributed by atoms with Crippen LogP contribution in [0.15, 0.2) is 0 Å². The standard InChI is InChI=1S/C15H29N3O3/c1-11(2)8-12(14(19)20)9-16-15(21)18(4)13-6-5-7-17(3)10-13/h11-13H,5-10H2,1-4H3,(H,16,21)(H,19,20). The van der Waals surface area contributed by atoms with Crippen molar-refractivity contribution < 1.29 is 14.7 Å². The van der Waals surface area contributed by atoms with Gasteiger partial charge in [-0.3, -0.25) is 4.79 Å². The van der Waals surface area contributed by atoms with Gasteiger partial charge in [0.25, 0.3) is 0 Å². The number of amides is 2. The van der Waals surface area contributed by atoms with Gasteiger partial charge in [0.15, 0.2) is 0 Å². The number of aliphatic carboxylic acids is 1. The van der Waals surface area contributed by atoms with Crippen molar-refractivity contribution in [2.24, 2.45) is 11.8 Å². The molecule has 6 heteroatoms. The number of likely N-dealkylation sites (tertiary alicyclic amines) is 1. The summed E-state index contributed by atoms with van der Waals surface area (Å²) < 4.78 is 0. The van der Waals surface area contributed by atoms with Crippen LogP contribution < -0.4 is 5.32 Å². The van der Waals surface area contributed by atoms with Crippen LogP contribution in [0.25, 0.3) is 0 Å². The molecule has 0 radical (unpaired) electrons. The molecule has 1 fully saturated rings. The Labute approximate surface area is 127 Å². The number of carboxylic acid groups (broad SMARTS) is 1. The third-order valence-electron chi connectivity index (χ3n) is 4.07. The van der Waals surface area contributed by atoms with Gasteiger partial charge in [0.1, 0.15) is 0 Å². The van der Waals surface area contributed by atoms with Gasteiger partial charge in [0, 0.05) is 26.2 Å². The van der Waals surface area contributed by atoms with Crippen molar-refractivity contribution in [1.82, 2.24) is 15.1 Å². The fourth-order valence-corrected chi connectivity index (χ4v) is 2.80. The highest BCUT2D eigenvalue weighted by Gasteiger charge is 2.26. The molecule has 0 aliphatic carbocycles. The van der Waals surface area contributed by atoms with Crippen LogP contribution in [0, 0.1) is 11.8 Å². The molecule has 2 amide bonds. The number of hydrogen-bond donors (Lipinski definition) is 2. The number of piperidine rings is 1. The molecule has 6 nitrogen and oxygen atoms in total. The highest BCUT2D eigenvalue weighted by molar-refractivity contribution is 5.76. The number of carbonyl (C=O) groups excluding carboxylic acids is 1. The second-order valence-electron chi connectivity index (χ2n) is 6.52. The molecular weight excluding hydrogens is 270 g/mol. The van der Waals surface area contributed by atoms with Crippen molar-refractivity contribution in [3.8, 4) is 0 Å². The molecule has 2 unspecified atom stereocenters. The molecule has 122 valence electrons. The number of likely N-dealkylation sites (N-methyl/N-ethyl adjacent to an activating group) is 2. The van der Waals surface area contributed by atoms with Crippen LogP contribution in [-0.4, -0.2) is 66.7 Å². The second-order valence-corrected chi connectivity index (χ2v) is 6.52. The Morgan fingerprint density at radius 3 is 2.62 bits per heavy atom. The van der Waals surface area contributed by atoms with Crippen LogP contribution in [0.4, 0.5) is 4.79 Å². The van der Waals surface area contributed by atoms with E-state index >= 15 is 0 Å². The predicted octanol–water partition coefficient (Wildman–Crippen LogP) is 1.47. The summed E-state index contributed by atoms with van der Waals surface area (Å²) in [6.45, 7) is 6.11. The summed E-state index contributed by atoms with van der Waals surface area (Å²) >= 11 is 0. The SMILES string of the molecule is CC(C)CC(CNC(=O)N(C)C1CCCN(C)C1)C(=O)O. The highest BCUT2D eigenvalue weighted by Crippen LogP contribution is 2.14. The van der Waals surface area contributed by atoms with E-state index in [9.17, 15) is 14.7 Å². The van der Waals surface area contributed by atoms with Crippen LogP contribution in [0.2, 0.25) is 0 Å². The molecule has 0 aromatic carbocycles. The molecule has 1 saturated heterocycles. The topological polar surface area (TPSA) is 72.9 Å². The molecule has 1 rings (SSSR count). The van der Waals surface area contributed by atoms with Gasteiger partial charge in [0.2, 0.25) is 0 Å². The third-order valence-corrected chi connectivity index (χ3v) is 4.07. The first-order valence-electron chi connectivity index (χ1n) is 7.73. The van der Waals surface area contributed by atoms with Gasteiger partial charge in [-0.15, -0.1) is 0 Å². The van der Waals surface area contributed by atoms with Gasteiger partial charge in [0.05, 0.1) is 5.92 Å². The summed E-state index contributed by atoms with van der Waals surface area (Å²) in [6, 6.07) is 0.0300. The van der Waals surface area contributed by atoms with Crippen LogP contribution in [0.1, 0.15) is 33.1 Å². The smallest absolute Gasteiger partial charge is 0.317 e. The average Bonchev–Trinajstić information content (AvgIpc) is 2.41. The van der Waals surface area contributed by atoms with Gasteiger partial charge >= 0.3 is 12.0 Å². The lowest BCUT2D eigenvalue weighted by molar-refractivity contribution is -0.142. The monoisotopic (exact) mass is 299 g/mol. The normalized spacial score (nSPS) is 21.1. The van der Waals surface area contributed by atoms with E-state index in [1.54, 1.807) is 11.9 Å². The minimum atomic E-state index is -0.843. The van der Waals surface area contributed by atoms with E-state index < -0.39 is 11.9 Å². The minimum absolute atomic E-state index is 0.176. The summed E-state index contributed by atoms with van der Waals surface area (Å²) in [5.74, 6) is -1.06. The summed E-state index contributed by atoms with van der Waals surface area (Å²) in [7, 11) is 3.85. The van der Waals surface area contributed by atoms with Crippen molar-refractivity contribution >= 4 is 12.0 Å². The maximum atomic E-state index is 12.2. The first kappa shape index (κ1) is 17.8. The van der Waals surface area contributed by atoms with Crippen LogP contribution >= 0.6 is 0 Å². The summed E-state index contributed by atoms with van der Waals surface area (Å²) in [5.41, 5.74) is 0. The lowest BCUT2D eigenvalue weighted by Crippen LogP contribution is -2.51. The molecule has 0 bridgehead atoms. The maximum Gasteiger partial charge on any atom is 0.317 e. The first-order chi connectivity index (χ1) is 9.81. The molecule has 0 spiro atoms. The summed E-state index contributed by atoms with van der Waals surface area (Å²) in [4.78, 5) is 27.3. The zero-order chi connectivity index (χ0) is 16.0. The van der Waals surface area contributed by atoms with E-state index in [-0.39, 0.29) is 18.6 Å². The lowest BCUT2D eigenvalue weighted by atomic mass is 9.97. The lowest BCUT2D eigenvalue weighted by Gasteiger charge is -2.36. The second kappa shape index (κ2) is 8.22. The maximum absolute atomic E-state index is 12.2. The zero-order valence-electron chi connectivity index (χ0n) is 13.6. The number of carbonyl (C=O) groups is 2. The number of rotatable bonds is 6. The molecule has 1 aliphatic heterocycles. The Bertz CT molecular complexity index is 360. The molecule has 1 heterocycles. The van der Waals surface area contributed by atoms with Crippen molar-refractivity contribution in [2.45, 2.75) is 39.2 Å². The molecule has 21 heavy (non-hydrogen) atoms. The minimum Gasteiger partial charge on any atom is -0.481 e. The highest BCUT2D eigenvalue weighted by atomic mass is 16.4. The molecule has 1 aliphatic rings. The molecule has 2 atom stereocenters. The number of nitrogens with zero attached hydrogens (tertiary/aromatic N) is 2. The average molecular weight is 299 g/mol. The number of urea groups is 1. The van der Waals surface area contributed by atoms with E-state index in [4.69, 9.17) is 0 Å². The molecule has 0 aromatic rings. The van der Waals surface area contributed by atoms with E-state index in [0.29, 0.717) is 12.3 Å². The summed E-state index contributed by atoms with van der Waals surface area (Å²) in [6.07, 6.45) is 2.66. The van der Waals surface area contributed by atoms with Gasteiger partial charge in [-0.1, -0.05) is 13.8 Å². The molecular formula is C15H29N3O3. The molecule has 0 aromatic heterocycles. The largest absolute Gasteiger partial charge is 0.481 e. The van der Waals surface area contributed by atoms with Crippen LogP contribution in [0.5, 0.6) is 0 Å². The van der Waals surface area contributed by atoms with Gasteiger partial charge in [-0.05, 0) is 38.8 Å². The fraction of sp³-hybridized carbons (Fsp3) is 0.867. The Morgan fingerprint density at radius 1 is 1.43 bits per heavy atom. The molecule has 2 N–H and O–H groups in total. The van der Waals surface area contributed by atoms with Crippen molar-refractivity contribution in [2.75, 3.05) is 33.7 Å². The Hall–Kier alpha value is -1.30. The number of carboxylic acids is 1. The first-order valence-corrected chi connectivity index (χ1v) is 7.73. The Balaban J connectivity index is 2.45.